The van der Waals surface area contributed by atoms with Crippen LogP contribution in [0.1, 0.15) is 6.92 Å². The Labute approximate surface area is 179 Å². The highest BCUT2D eigenvalue weighted by molar-refractivity contribution is 7.89. The van der Waals surface area contributed by atoms with Crippen LogP contribution >= 0.6 is 11.6 Å². The van der Waals surface area contributed by atoms with E-state index in [1.165, 1.54) is 10.5 Å². The van der Waals surface area contributed by atoms with Gasteiger partial charge in [-0.25, -0.2) is 13.4 Å². The molecule has 0 radical (unpaired) electrons. The molecule has 10 heteroatoms. The third kappa shape index (κ3) is 4.00. The average molecular weight is 449 g/mol. The predicted molar refractivity (Wildman–Crippen MR) is 113 cm³/mol. The average Bonchev–Trinajstić information content (AvgIpc) is 3.20. The lowest BCUT2D eigenvalue weighted by atomic mass is 10.2. The van der Waals surface area contributed by atoms with Gasteiger partial charge in [0.25, 0.3) is 5.91 Å². The molecule has 1 saturated heterocycles. The molecular weight excluding hydrogens is 428 g/mol. The van der Waals surface area contributed by atoms with Gasteiger partial charge in [0.05, 0.1) is 0 Å². The summed E-state index contributed by atoms with van der Waals surface area (Å²) in [5.41, 5.74) is 0.526. The maximum Gasteiger partial charge on any atom is 0.263 e. The van der Waals surface area contributed by atoms with Crippen molar-refractivity contribution in [1.29, 1.82) is 0 Å². The van der Waals surface area contributed by atoms with Gasteiger partial charge >= 0.3 is 0 Å². The fraction of sp³-hybridized carbons (Fsp3) is 0.300. The molecule has 1 fully saturated rings. The Morgan fingerprint density at radius 3 is 2.57 bits per heavy atom. The number of hydrogen-bond acceptors (Lipinski definition) is 5. The van der Waals surface area contributed by atoms with Gasteiger partial charge in [-0.3, -0.25) is 4.79 Å². The summed E-state index contributed by atoms with van der Waals surface area (Å²) in [4.78, 5) is 21.6. The number of nitrogens with zero attached hydrogens (tertiary/aromatic N) is 3. The Balaban J connectivity index is 1.40. The number of carbonyl (C=O) groups excluding carboxylic acids is 1. The van der Waals surface area contributed by atoms with Crippen LogP contribution < -0.4 is 4.74 Å². The molecular formula is C20H21ClN4O4S. The van der Waals surface area contributed by atoms with Gasteiger partial charge in [-0.05, 0) is 43.3 Å². The summed E-state index contributed by atoms with van der Waals surface area (Å²) in [5, 5.41) is 1.14. The second-order valence-electron chi connectivity index (χ2n) is 7.00. The number of ether oxygens (including phenoxy) is 1. The lowest BCUT2D eigenvalue weighted by Crippen LogP contribution is -2.53. The lowest BCUT2D eigenvalue weighted by molar-refractivity contribution is -0.139. The van der Waals surface area contributed by atoms with E-state index < -0.39 is 16.1 Å². The first-order valence-electron chi connectivity index (χ1n) is 9.49. The van der Waals surface area contributed by atoms with E-state index in [0.29, 0.717) is 34.9 Å². The lowest BCUT2D eigenvalue weighted by Gasteiger charge is -2.35. The normalized spacial score (nSPS) is 16.5. The number of aromatic nitrogens is 2. The van der Waals surface area contributed by atoms with E-state index in [1.54, 1.807) is 54.4 Å². The minimum Gasteiger partial charge on any atom is -0.481 e. The molecule has 1 atom stereocenters. The summed E-state index contributed by atoms with van der Waals surface area (Å²) in [5.74, 6) is 0.368. The SMILES string of the molecule is CC(Oc1ccc(Cl)cc1)C(=O)N1CCN(S(=O)(=O)c2c[nH]c3ncccc23)CC1. The van der Waals surface area contributed by atoms with Crippen LogP contribution in [0.4, 0.5) is 0 Å². The van der Waals surface area contributed by atoms with Crippen LogP contribution in [0.25, 0.3) is 11.0 Å². The van der Waals surface area contributed by atoms with Crippen LogP contribution in [-0.4, -0.2) is 65.8 Å². The van der Waals surface area contributed by atoms with Crippen molar-refractivity contribution in [3.63, 3.8) is 0 Å². The Hall–Kier alpha value is -2.62. The number of benzene rings is 1. The van der Waals surface area contributed by atoms with E-state index in [1.807, 2.05) is 0 Å². The smallest absolute Gasteiger partial charge is 0.263 e. The molecule has 158 valence electrons. The monoisotopic (exact) mass is 448 g/mol. The molecule has 1 aliphatic rings. The van der Waals surface area contributed by atoms with Crippen molar-refractivity contribution in [1.82, 2.24) is 19.2 Å². The van der Waals surface area contributed by atoms with Crippen molar-refractivity contribution in [2.45, 2.75) is 17.9 Å². The fourth-order valence-electron chi connectivity index (χ4n) is 3.46. The van der Waals surface area contributed by atoms with E-state index in [4.69, 9.17) is 16.3 Å². The predicted octanol–water partition coefficient (Wildman–Crippen LogP) is 2.52. The molecule has 1 N–H and O–H groups in total. The number of piperazine rings is 1. The van der Waals surface area contributed by atoms with E-state index in [9.17, 15) is 13.2 Å². The minimum absolute atomic E-state index is 0.182. The van der Waals surface area contributed by atoms with E-state index in [0.717, 1.165) is 0 Å². The van der Waals surface area contributed by atoms with Crippen molar-refractivity contribution in [3.8, 4) is 5.75 Å². The number of sulfonamides is 1. The zero-order valence-electron chi connectivity index (χ0n) is 16.3. The van der Waals surface area contributed by atoms with Crippen LogP contribution in [0, 0.1) is 0 Å². The number of halogens is 1. The number of H-pyrrole nitrogens is 1. The largest absolute Gasteiger partial charge is 0.481 e. The third-order valence-corrected chi connectivity index (χ3v) is 7.25. The van der Waals surface area contributed by atoms with Crippen molar-refractivity contribution in [2.24, 2.45) is 0 Å². The summed E-state index contributed by atoms with van der Waals surface area (Å²) in [7, 11) is -3.69. The summed E-state index contributed by atoms with van der Waals surface area (Å²) >= 11 is 5.86. The van der Waals surface area contributed by atoms with Gasteiger partial charge in [-0.15, -0.1) is 0 Å². The molecule has 30 heavy (non-hydrogen) atoms. The molecule has 1 unspecified atom stereocenters. The second-order valence-corrected chi connectivity index (χ2v) is 9.34. The Bertz CT molecular complexity index is 1160. The van der Waals surface area contributed by atoms with Gasteiger partial charge in [0.15, 0.2) is 6.10 Å². The number of fused-ring (bicyclic) bond motifs is 1. The molecule has 0 saturated carbocycles. The number of nitrogens with one attached hydrogen (secondary N) is 1. The van der Waals surface area contributed by atoms with Crippen molar-refractivity contribution in [3.05, 3.63) is 53.8 Å². The van der Waals surface area contributed by atoms with Crippen LogP contribution in [0.5, 0.6) is 5.75 Å². The van der Waals surface area contributed by atoms with E-state index in [2.05, 4.69) is 9.97 Å². The van der Waals surface area contributed by atoms with Crippen LogP contribution in [0.15, 0.2) is 53.7 Å². The van der Waals surface area contributed by atoms with E-state index in [-0.39, 0.29) is 23.9 Å². The van der Waals surface area contributed by atoms with Crippen molar-refractivity contribution < 1.29 is 17.9 Å². The molecule has 4 rings (SSSR count). The number of amides is 1. The van der Waals surface area contributed by atoms with Gasteiger partial charge in [0.1, 0.15) is 16.3 Å². The van der Waals surface area contributed by atoms with Crippen LogP contribution in [-0.2, 0) is 14.8 Å². The minimum atomic E-state index is -3.69. The van der Waals surface area contributed by atoms with E-state index >= 15 is 0 Å². The topological polar surface area (TPSA) is 95.6 Å². The molecule has 1 amide bonds. The third-order valence-electron chi connectivity index (χ3n) is 5.06. The van der Waals surface area contributed by atoms with Gasteiger partial charge in [0, 0.05) is 49.0 Å². The standard InChI is InChI=1S/C20H21ClN4O4S/c1-14(29-16-6-4-15(21)5-7-16)20(26)24-9-11-25(12-10-24)30(27,28)18-13-23-19-17(18)3-2-8-22-19/h2-8,13-14H,9-12H2,1H3,(H,22,23). The first kappa shape index (κ1) is 20.6. The van der Waals surface area contributed by atoms with Gasteiger partial charge in [-0.1, -0.05) is 11.6 Å². The number of pyridine rings is 1. The molecule has 1 aromatic carbocycles. The zero-order chi connectivity index (χ0) is 21.3. The fourth-order valence-corrected chi connectivity index (χ4v) is 5.16. The van der Waals surface area contributed by atoms with Crippen LogP contribution in [0.3, 0.4) is 0 Å². The number of aromatic amines is 1. The Morgan fingerprint density at radius 2 is 1.87 bits per heavy atom. The maximum absolute atomic E-state index is 13.1. The highest BCUT2D eigenvalue weighted by Gasteiger charge is 2.33. The van der Waals surface area contributed by atoms with Gasteiger partial charge < -0.3 is 14.6 Å². The van der Waals surface area contributed by atoms with Crippen molar-refractivity contribution >= 4 is 38.6 Å². The highest BCUT2D eigenvalue weighted by atomic mass is 35.5. The van der Waals surface area contributed by atoms with Gasteiger partial charge in [-0.2, -0.15) is 4.31 Å². The molecule has 3 aromatic rings. The highest BCUT2D eigenvalue weighted by Crippen LogP contribution is 2.25. The first-order chi connectivity index (χ1) is 14.4. The number of hydrogen-bond donors (Lipinski definition) is 1. The summed E-state index contributed by atoms with van der Waals surface area (Å²) in [6.07, 6.45) is 2.38. The second kappa shape index (κ2) is 8.25. The summed E-state index contributed by atoms with van der Waals surface area (Å²) < 4.78 is 33.3. The molecule has 1 aliphatic heterocycles. The molecule has 0 spiro atoms. The summed E-state index contributed by atoms with van der Waals surface area (Å²) in [6, 6.07) is 10.2. The van der Waals surface area contributed by atoms with Crippen LogP contribution in [0.2, 0.25) is 5.02 Å². The van der Waals surface area contributed by atoms with Crippen molar-refractivity contribution in [2.75, 3.05) is 26.2 Å². The maximum atomic E-state index is 13.1. The molecule has 2 aromatic heterocycles. The zero-order valence-corrected chi connectivity index (χ0v) is 17.9. The molecule has 8 nitrogen and oxygen atoms in total. The quantitative estimate of drug-likeness (QED) is 0.647. The summed E-state index contributed by atoms with van der Waals surface area (Å²) in [6.45, 7) is 2.71. The van der Waals surface area contributed by atoms with Gasteiger partial charge in [0.2, 0.25) is 10.0 Å². The molecule has 3 heterocycles. The Kier molecular flexibility index (Phi) is 5.68. The molecule has 0 bridgehead atoms. The molecule has 0 aliphatic carbocycles. The first-order valence-corrected chi connectivity index (χ1v) is 11.3. The Morgan fingerprint density at radius 1 is 1.17 bits per heavy atom. The number of carbonyl (C=O) groups is 1. The number of rotatable bonds is 5.